The molecule has 0 radical (unpaired) electrons. The predicted octanol–water partition coefficient (Wildman–Crippen LogP) is 2.37. The lowest BCUT2D eigenvalue weighted by Gasteiger charge is -2.20. The highest BCUT2D eigenvalue weighted by Crippen LogP contribution is 2.20. The third kappa shape index (κ3) is 2.70. The SMILES string of the molecule is O=C1CCNN1Cc1cc2cccc(F)c2c(=O)n1-c1ccccc1. The topological polar surface area (TPSA) is 54.3 Å². The van der Waals surface area contributed by atoms with E-state index in [-0.39, 0.29) is 17.8 Å². The number of nitrogens with one attached hydrogen (secondary N) is 1. The van der Waals surface area contributed by atoms with Gasteiger partial charge >= 0.3 is 0 Å². The van der Waals surface area contributed by atoms with E-state index in [0.29, 0.717) is 29.7 Å². The highest BCUT2D eigenvalue weighted by atomic mass is 19.1. The van der Waals surface area contributed by atoms with Crippen molar-refractivity contribution in [2.45, 2.75) is 13.0 Å². The van der Waals surface area contributed by atoms with Crippen molar-refractivity contribution in [1.82, 2.24) is 15.0 Å². The maximum Gasteiger partial charge on any atom is 0.266 e. The number of carbonyl (C=O) groups is 1. The minimum absolute atomic E-state index is 0.0219. The van der Waals surface area contributed by atoms with Crippen LogP contribution in [-0.2, 0) is 11.3 Å². The number of benzene rings is 2. The Bertz CT molecular complexity index is 1010. The molecule has 4 rings (SSSR count). The summed E-state index contributed by atoms with van der Waals surface area (Å²) in [4.78, 5) is 25.0. The molecule has 3 aromatic rings. The second-order valence-corrected chi connectivity index (χ2v) is 5.95. The molecule has 0 atom stereocenters. The van der Waals surface area contributed by atoms with Crippen LogP contribution in [0.2, 0.25) is 0 Å². The second kappa shape index (κ2) is 6.14. The Hall–Kier alpha value is -2.99. The number of pyridine rings is 1. The van der Waals surface area contributed by atoms with Gasteiger partial charge in [-0.2, -0.15) is 0 Å². The van der Waals surface area contributed by atoms with E-state index in [1.54, 1.807) is 30.3 Å². The fourth-order valence-corrected chi connectivity index (χ4v) is 3.18. The maximum absolute atomic E-state index is 14.3. The zero-order chi connectivity index (χ0) is 17.4. The summed E-state index contributed by atoms with van der Waals surface area (Å²) >= 11 is 0. The number of para-hydroxylation sites is 1. The molecule has 1 aliphatic heterocycles. The summed E-state index contributed by atoms with van der Waals surface area (Å²) in [5, 5.41) is 2.08. The van der Waals surface area contributed by atoms with Crippen molar-refractivity contribution in [1.29, 1.82) is 0 Å². The normalized spacial score (nSPS) is 14.4. The standard InChI is InChI=1S/C19H16FN3O2/c20-16-8-4-5-13-11-15(12-22-17(24)9-10-21-22)23(19(25)18(13)16)14-6-2-1-3-7-14/h1-8,11,21H,9-10,12H2. The van der Waals surface area contributed by atoms with Crippen LogP contribution >= 0.6 is 0 Å². The van der Waals surface area contributed by atoms with Gasteiger partial charge in [0, 0.05) is 24.3 Å². The highest BCUT2D eigenvalue weighted by Gasteiger charge is 2.22. The molecule has 25 heavy (non-hydrogen) atoms. The van der Waals surface area contributed by atoms with Crippen LogP contribution in [0.1, 0.15) is 12.1 Å². The number of nitrogens with zero attached hydrogens (tertiary/aromatic N) is 2. The van der Waals surface area contributed by atoms with E-state index in [4.69, 9.17) is 0 Å². The summed E-state index contributed by atoms with van der Waals surface area (Å²) in [5.74, 6) is -0.569. The number of hydrazine groups is 1. The van der Waals surface area contributed by atoms with E-state index in [2.05, 4.69) is 5.43 Å². The van der Waals surface area contributed by atoms with Gasteiger partial charge in [0.1, 0.15) is 5.82 Å². The summed E-state index contributed by atoms with van der Waals surface area (Å²) < 4.78 is 15.7. The zero-order valence-corrected chi connectivity index (χ0v) is 13.4. The van der Waals surface area contributed by atoms with Crippen molar-refractivity contribution < 1.29 is 9.18 Å². The number of amides is 1. The lowest BCUT2D eigenvalue weighted by atomic mass is 10.1. The van der Waals surface area contributed by atoms with Crippen LogP contribution < -0.4 is 11.0 Å². The zero-order valence-electron chi connectivity index (χ0n) is 13.4. The molecule has 126 valence electrons. The summed E-state index contributed by atoms with van der Waals surface area (Å²) in [5.41, 5.74) is 3.84. The highest BCUT2D eigenvalue weighted by molar-refractivity contribution is 5.83. The Kier molecular flexibility index (Phi) is 3.82. The Morgan fingerprint density at radius 2 is 1.84 bits per heavy atom. The number of aromatic nitrogens is 1. The van der Waals surface area contributed by atoms with E-state index in [1.165, 1.54) is 15.6 Å². The molecule has 0 unspecified atom stereocenters. The van der Waals surface area contributed by atoms with Crippen LogP contribution in [0.25, 0.3) is 16.5 Å². The molecule has 2 aromatic carbocycles. The number of fused-ring (bicyclic) bond motifs is 1. The Morgan fingerprint density at radius 1 is 1.04 bits per heavy atom. The van der Waals surface area contributed by atoms with E-state index < -0.39 is 11.4 Å². The maximum atomic E-state index is 14.3. The molecule has 6 heteroatoms. The fourth-order valence-electron chi connectivity index (χ4n) is 3.18. The van der Waals surface area contributed by atoms with Gasteiger partial charge < -0.3 is 0 Å². The van der Waals surface area contributed by atoms with Crippen molar-refractivity contribution in [3.05, 3.63) is 76.5 Å². The van der Waals surface area contributed by atoms with E-state index >= 15 is 0 Å². The first kappa shape index (κ1) is 15.5. The Labute approximate surface area is 143 Å². The van der Waals surface area contributed by atoms with E-state index in [1.807, 2.05) is 18.2 Å². The number of carbonyl (C=O) groups excluding carboxylic acids is 1. The van der Waals surface area contributed by atoms with Crippen LogP contribution in [-0.4, -0.2) is 22.0 Å². The molecule has 1 amide bonds. The van der Waals surface area contributed by atoms with Gasteiger partial charge in [-0.05, 0) is 29.7 Å². The van der Waals surface area contributed by atoms with Crippen molar-refractivity contribution >= 4 is 16.7 Å². The lowest BCUT2D eigenvalue weighted by molar-refractivity contribution is -0.130. The van der Waals surface area contributed by atoms with Crippen LogP contribution in [0.3, 0.4) is 0 Å². The molecule has 1 saturated heterocycles. The Morgan fingerprint density at radius 3 is 2.56 bits per heavy atom. The molecule has 1 N–H and O–H groups in total. The predicted molar refractivity (Wildman–Crippen MR) is 92.7 cm³/mol. The third-order valence-electron chi connectivity index (χ3n) is 4.35. The number of halogens is 1. The van der Waals surface area contributed by atoms with Crippen molar-refractivity contribution in [3.63, 3.8) is 0 Å². The van der Waals surface area contributed by atoms with E-state index in [9.17, 15) is 14.0 Å². The third-order valence-corrected chi connectivity index (χ3v) is 4.35. The average Bonchev–Trinajstić information content (AvgIpc) is 3.00. The van der Waals surface area contributed by atoms with Gasteiger partial charge in [-0.1, -0.05) is 30.3 Å². The lowest BCUT2D eigenvalue weighted by Crippen LogP contribution is -2.36. The van der Waals surface area contributed by atoms with Crippen LogP contribution in [0.15, 0.2) is 59.4 Å². The number of hydrogen-bond acceptors (Lipinski definition) is 3. The Balaban J connectivity index is 1.96. The largest absolute Gasteiger partial charge is 0.279 e. The second-order valence-electron chi connectivity index (χ2n) is 5.95. The van der Waals surface area contributed by atoms with Gasteiger partial charge in [0.2, 0.25) is 5.91 Å². The van der Waals surface area contributed by atoms with Crippen molar-refractivity contribution in [2.75, 3.05) is 6.54 Å². The van der Waals surface area contributed by atoms with Crippen LogP contribution in [0.5, 0.6) is 0 Å². The van der Waals surface area contributed by atoms with E-state index in [0.717, 1.165) is 0 Å². The summed E-state index contributed by atoms with van der Waals surface area (Å²) in [6.07, 6.45) is 0.428. The first-order valence-corrected chi connectivity index (χ1v) is 8.07. The number of hydrogen-bond donors (Lipinski definition) is 1. The first-order valence-electron chi connectivity index (χ1n) is 8.07. The molecule has 1 fully saturated rings. The molecule has 0 aliphatic carbocycles. The average molecular weight is 337 g/mol. The van der Waals surface area contributed by atoms with Gasteiger partial charge in [-0.25, -0.2) is 9.82 Å². The molecule has 5 nitrogen and oxygen atoms in total. The number of rotatable bonds is 3. The monoisotopic (exact) mass is 337 g/mol. The van der Waals surface area contributed by atoms with Gasteiger partial charge in [-0.15, -0.1) is 0 Å². The molecule has 0 bridgehead atoms. The van der Waals surface area contributed by atoms with Gasteiger partial charge in [0.15, 0.2) is 0 Å². The van der Waals surface area contributed by atoms with Gasteiger partial charge in [0.05, 0.1) is 11.9 Å². The van der Waals surface area contributed by atoms with Crippen LogP contribution in [0.4, 0.5) is 4.39 Å². The fraction of sp³-hybridized carbons (Fsp3) is 0.158. The van der Waals surface area contributed by atoms with Gasteiger partial charge in [-0.3, -0.25) is 19.2 Å². The van der Waals surface area contributed by atoms with Crippen LogP contribution in [0, 0.1) is 5.82 Å². The minimum atomic E-state index is -0.547. The molecular formula is C19H16FN3O2. The smallest absolute Gasteiger partial charge is 0.266 e. The molecule has 2 heterocycles. The summed E-state index contributed by atoms with van der Waals surface area (Å²) in [6, 6.07) is 15.4. The molecule has 1 aromatic heterocycles. The quantitative estimate of drug-likeness (QED) is 0.798. The van der Waals surface area contributed by atoms with Crippen molar-refractivity contribution in [2.24, 2.45) is 0 Å². The first-order chi connectivity index (χ1) is 12.1. The molecular weight excluding hydrogens is 321 g/mol. The van der Waals surface area contributed by atoms with Crippen molar-refractivity contribution in [3.8, 4) is 5.69 Å². The molecule has 0 saturated carbocycles. The minimum Gasteiger partial charge on any atom is -0.279 e. The summed E-state index contributed by atoms with van der Waals surface area (Å²) in [6.45, 7) is 0.812. The summed E-state index contributed by atoms with van der Waals surface area (Å²) in [7, 11) is 0. The van der Waals surface area contributed by atoms with Gasteiger partial charge in [0.25, 0.3) is 5.56 Å². The molecule has 0 spiro atoms. The molecule has 1 aliphatic rings.